The molecule has 1 fully saturated rings. The maximum atomic E-state index is 12.6. The molecule has 0 bridgehead atoms. The second-order valence-corrected chi connectivity index (χ2v) is 6.95. The Morgan fingerprint density at radius 2 is 1.78 bits per heavy atom. The molecule has 7 nitrogen and oxygen atoms in total. The van der Waals surface area contributed by atoms with Crippen LogP contribution in [0.25, 0.3) is 11.5 Å². The molecule has 1 saturated heterocycles. The molecule has 8 heteroatoms. The van der Waals surface area contributed by atoms with Crippen molar-refractivity contribution in [2.24, 2.45) is 0 Å². The van der Waals surface area contributed by atoms with Crippen molar-refractivity contribution in [1.82, 2.24) is 20.4 Å². The predicted molar refractivity (Wildman–Crippen MR) is 100 cm³/mol. The van der Waals surface area contributed by atoms with Crippen molar-refractivity contribution in [3.63, 3.8) is 0 Å². The zero-order valence-corrected chi connectivity index (χ0v) is 15.7. The van der Waals surface area contributed by atoms with Gasteiger partial charge < -0.3 is 9.73 Å². The number of imide groups is 1. The van der Waals surface area contributed by atoms with E-state index in [1.807, 2.05) is 54.6 Å². The topological polar surface area (TPSA) is 88.3 Å². The first-order chi connectivity index (χ1) is 13.1. The number of urea groups is 1. The zero-order chi connectivity index (χ0) is 18.8. The van der Waals surface area contributed by atoms with Crippen molar-refractivity contribution in [3.05, 3.63) is 70.5 Å². The number of nitrogens with one attached hydrogen (secondary N) is 1. The van der Waals surface area contributed by atoms with Crippen LogP contribution in [0.1, 0.15) is 11.5 Å². The molecule has 1 atom stereocenters. The summed E-state index contributed by atoms with van der Waals surface area (Å²) in [4.78, 5) is 25.9. The summed E-state index contributed by atoms with van der Waals surface area (Å²) in [7, 11) is 0. The van der Waals surface area contributed by atoms with E-state index in [2.05, 4.69) is 31.4 Å². The second kappa shape index (κ2) is 7.32. The molecule has 2 aromatic carbocycles. The van der Waals surface area contributed by atoms with Gasteiger partial charge >= 0.3 is 6.03 Å². The maximum Gasteiger partial charge on any atom is 0.325 e. The third-order valence-electron chi connectivity index (χ3n) is 4.25. The summed E-state index contributed by atoms with van der Waals surface area (Å²) in [6, 6.07) is 15.9. The van der Waals surface area contributed by atoms with E-state index in [1.54, 1.807) is 0 Å². The van der Waals surface area contributed by atoms with Gasteiger partial charge in [-0.15, -0.1) is 10.2 Å². The number of amides is 3. The summed E-state index contributed by atoms with van der Waals surface area (Å²) in [6.45, 7) is -0.0621. The molecule has 1 aliphatic heterocycles. The Morgan fingerprint density at radius 3 is 2.56 bits per heavy atom. The lowest BCUT2D eigenvalue weighted by molar-refractivity contribution is -0.128. The fourth-order valence-electron chi connectivity index (χ4n) is 2.91. The van der Waals surface area contributed by atoms with Crippen molar-refractivity contribution in [3.8, 4) is 11.5 Å². The van der Waals surface area contributed by atoms with E-state index >= 15 is 0 Å². The molecule has 0 radical (unpaired) electrons. The Morgan fingerprint density at radius 1 is 1.04 bits per heavy atom. The molecule has 0 spiro atoms. The Balaban J connectivity index is 1.47. The van der Waals surface area contributed by atoms with Gasteiger partial charge in [-0.05, 0) is 33.6 Å². The van der Waals surface area contributed by atoms with Crippen LogP contribution in [0, 0.1) is 0 Å². The minimum absolute atomic E-state index is 0.0621. The number of carbonyl (C=O) groups is 2. The van der Waals surface area contributed by atoms with Crippen molar-refractivity contribution in [2.45, 2.75) is 19.0 Å². The zero-order valence-electron chi connectivity index (χ0n) is 14.1. The van der Waals surface area contributed by atoms with Crippen LogP contribution in [0.4, 0.5) is 4.79 Å². The van der Waals surface area contributed by atoms with Crippen LogP contribution in [0.5, 0.6) is 0 Å². The van der Waals surface area contributed by atoms with Crippen LogP contribution in [0.2, 0.25) is 0 Å². The fraction of sp³-hybridized carbons (Fsp3) is 0.158. The van der Waals surface area contributed by atoms with E-state index in [9.17, 15) is 9.59 Å². The molecule has 1 aromatic heterocycles. The lowest BCUT2D eigenvalue weighted by Crippen LogP contribution is -2.32. The van der Waals surface area contributed by atoms with Gasteiger partial charge in [-0.25, -0.2) is 4.79 Å². The number of carbonyl (C=O) groups excluding carboxylic acids is 2. The van der Waals surface area contributed by atoms with Gasteiger partial charge in [0.05, 0.1) is 5.56 Å². The van der Waals surface area contributed by atoms with Crippen molar-refractivity contribution in [2.75, 3.05) is 0 Å². The van der Waals surface area contributed by atoms with Crippen LogP contribution >= 0.6 is 15.9 Å². The number of nitrogens with zero attached hydrogens (tertiary/aromatic N) is 3. The van der Waals surface area contributed by atoms with E-state index in [4.69, 9.17) is 4.42 Å². The van der Waals surface area contributed by atoms with Crippen LogP contribution in [0.3, 0.4) is 0 Å². The molecule has 0 aliphatic carbocycles. The second-order valence-electron chi connectivity index (χ2n) is 6.10. The van der Waals surface area contributed by atoms with E-state index in [0.29, 0.717) is 12.3 Å². The highest BCUT2D eigenvalue weighted by Gasteiger charge is 2.38. The first kappa shape index (κ1) is 17.4. The van der Waals surface area contributed by atoms with Crippen molar-refractivity contribution in [1.29, 1.82) is 0 Å². The highest BCUT2D eigenvalue weighted by atomic mass is 79.9. The third kappa shape index (κ3) is 3.61. The Hall–Kier alpha value is -3.00. The quantitative estimate of drug-likeness (QED) is 0.632. The average Bonchev–Trinajstić information content (AvgIpc) is 3.24. The summed E-state index contributed by atoms with van der Waals surface area (Å²) in [6.07, 6.45) is 0.438. The predicted octanol–water partition coefficient (Wildman–Crippen LogP) is 3.16. The molecule has 136 valence electrons. The van der Waals surface area contributed by atoms with Crippen LogP contribution < -0.4 is 5.32 Å². The number of rotatable bonds is 5. The number of aromatic nitrogens is 2. The minimum Gasteiger partial charge on any atom is -0.419 e. The van der Waals surface area contributed by atoms with Gasteiger partial charge in [-0.1, -0.05) is 42.5 Å². The van der Waals surface area contributed by atoms with Gasteiger partial charge in [0.2, 0.25) is 11.8 Å². The summed E-state index contributed by atoms with van der Waals surface area (Å²) in [5, 5.41) is 10.7. The molecule has 1 aliphatic rings. The van der Waals surface area contributed by atoms with Crippen LogP contribution in [-0.2, 0) is 17.8 Å². The molecule has 4 rings (SSSR count). The first-order valence-corrected chi connectivity index (χ1v) is 9.14. The maximum absolute atomic E-state index is 12.6. The van der Waals surface area contributed by atoms with E-state index in [1.165, 1.54) is 0 Å². The monoisotopic (exact) mass is 426 g/mol. The van der Waals surface area contributed by atoms with Gasteiger partial charge in [0.1, 0.15) is 12.6 Å². The fourth-order valence-corrected chi connectivity index (χ4v) is 3.37. The van der Waals surface area contributed by atoms with Gasteiger partial charge in [0.15, 0.2) is 0 Å². The minimum atomic E-state index is -0.592. The number of hydrogen-bond acceptors (Lipinski definition) is 5. The SMILES string of the molecule is O=C1N[C@H](Cc2ccccc2)C(=O)N1Cc1nnc(-c2ccccc2Br)o1. The Bertz CT molecular complexity index is 989. The van der Waals surface area contributed by atoms with E-state index < -0.39 is 12.1 Å². The number of benzene rings is 2. The molecule has 27 heavy (non-hydrogen) atoms. The highest BCUT2D eigenvalue weighted by Crippen LogP contribution is 2.27. The Kier molecular flexibility index (Phi) is 4.72. The largest absolute Gasteiger partial charge is 0.419 e. The average molecular weight is 427 g/mol. The van der Waals surface area contributed by atoms with E-state index in [0.717, 1.165) is 20.5 Å². The van der Waals surface area contributed by atoms with E-state index in [-0.39, 0.29) is 18.3 Å². The molecule has 1 N–H and O–H groups in total. The molecule has 3 aromatic rings. The summed E-state index contributed by atoms with van der Waals surface area (Å²) >= 11 is 3.43. The molecule has 0 saturated carbocycles. The number of hydrogen-bond donors (Lipinski definition) is 1. The normalized spacial score (nSPS) is 16.6. The lowest BCUT2D eigenvalue weighted by atomic mass is 10.1. The summed E-state index contributed by atoms with van der Waals surface area (Å²) in [5.41, 5.74) is 1.72. The van der Waals surface area contributed by atoms with Crippen molar-refractivity contribution >= 4 is 27.9 Å². The molecular formula is C19H15BrN4O3. The van der Waals surface area contributed by atoms with Crippen LogP contribution in [-0.4, -0.2) is 33.1 Å². The smallest absolute Gasteiger partial charge is 0.325 e. The van der Waals surface area contributed by atoms with Crippen LogP contribution in [0.15, 0.2) is 63.5 Å². The standard InChI is InChI=1S/C19H15BrN4O3/c20-14-9-5-4-8-13(14)17-23-22-16(27-17)11-24-18(25)15(21-19(24)26)10-12-6-2-1-3-7-12/h1-9,15H,10-11H2,(H,21,26)/t15-/m1/s1. The van der Waals surface area contributed by atoms with Crippen molar-refractivity contribution < 1.29 is 14.0 Å². The Labute approximate surface area is 163 Å². The molecule has 0 unspecified atom stereocenters. The molecule has 3 amide bonds. The van der Waals surface area contributed by atoms with Gasteiger partial charge in [-0.3, -0.25) is 9.69 Å². The van der Waals surface area contributed by atoms with Gasteiger partial charge in [0.25, 0.3) is 5.91 Å². The first-order valence-electron chi connectivity index (χ1n) is 8.35. The summed E-state index contributed by atoms with van der Waals surface area (Å²) in [5.74, 6) is 0.222. The number of halogens is 1. The lowest BCUT2D eigenvalue weighted by Gasteiger charge is -2.10. The third-order valence-corrected chi connectivity index (χ3v) is 4.95. The molecule has 2 heterocycles. The molecular weight excluding hydrogens is 412 g/mol. The van der Waals surface area contributed by atoms with Gasteiger partial charge in [0, 0.05) is 10.9 Å². The highest BCUT2D eigenvalue weighted by molar-refractivity contribution is 9.10. The van der Waals surface area contributed by atoms with Gasteiger partial charge in [-0.2, -0.15) is 0 Å². The summed E-state index contributed by atoms with van der Waals surface area (Å²) < 4.78 is 6.45.